The average molecular weight is 396 g/mol. The molecule has 0 saturated heterocycles. The molecule has 2 aromatic carbocycles. The maximum absolute atomic E-state index is 12.3. The van der Waals surface area contributed by atoms with Gasteiger partial charge >= 0.3 is 0 Å². The molecule has 0 bridgehead atoms. The fraction of sp³-hybridized carbons (Fsp3) is 0.273. The van der Waals surface area contributed by atoms with Crippen LogP contribution >= 0.6 is 0 Å². The molecule has 1 heterocycles. The molecule has 29 heavy (non-hydrogen) atoms. The van der Waals surface area contributed by atoms with Gasteiger partial charge in [-0.1, -0.05) is 6.07 Å². The standard InChI is InChI=1S/C22H24N2O5/c1-4-24-17-13-16(8-10-18(17)29-14-22(24)26)23-21(25)11-7-15-6-9-19(28-5-2)20(12-15)27-3/h6-13H,4-5,14H2,1-3H3,(H,23,25)/b11-7+. The fourth-order valence-electron chi connectivity index (χ4n) is 3.05. The van der Waals surface area contributed by atoms with Crippen LogP contribution in [0.25, 0.3) is 6.08 Å². The Morgan fingerprint density at radius 3 is 2.76 bits per heavy atom. The Bertz CT molecular complexity index is 939. The van der Waals surface area contributed by atoms with Gasteiger partial charge in [0.15, 0.2) is 18.1 Å². The summed E-state index contributed by atoms with van der Waals surface area (Å²) in [5.74, 6) is 1.49. The van der Waals surface area contributed by atoms with Crippen molar-refractivity contribution in [3.63, 3.8) is 0 Å². The third-order valence-corrected chi connectivity index (χ3v) is 4.40. The molecule has 2 aromatic rings. The molecule has 2 amide bonds. The monoisotopic (exact) mass is 396 g/mol. The van der Waals surface area contributed by atoms with Crippen LogP contribution in [-0.4, -0.2) is 38.7 Å². The first kappa shape index (κ1) is 20.3. The predicted octanol–water partition coefficient (Wildman–Crippen LogP) is 3.49. The lowest BCUT2D eigenvalue weighted by molar-refractivity contribution is -0.121. The van der Waals surface area contributed by atoms with Gasteiger partial charge in [0.1, 0.15) is 5.75 Å². The molecule has 1 N–H and O–H groups in total. The number of fused-ring (bicyclic) bond motifs is 1. The summed E-state index contributed by atoms with van der Waals surface area (Å²) in [5.41, 5.74) is 2.04. The molecule has 152 valence electrons. The molecule has 0 atom stereocenters. The van der Waals surface area contributed by atoms with Crippen molar-refractivity contribution in [1.82, 2.24) is 0 Å². The summed E-state index contributed by atoms with van der Waals surface area (Å²) in [5, 5.41) is 2.81. The summed E-state index contributed by atoms with van der Waals surface area (Å²) < 4.78 is 16.3. The molecular formula is C22H24N2O5. The van der Waals surface area contributed by atoms with Crippen molar-refractivity contribution in [1.29, 1.82) is 0 Å². The van der Waals surface area contributed by atoms with Gasteiger partial charge in [-0.2, -0.15) is 0 Å². The molecule has 7 heteroatoms. The Balaban J connectivity index is 1.71. The highest BCUT2D eigenvalue weighted by molar-refractivity contribution is 6.03. The maximum Gasteiger partial charge on any atom is 0.265 e. The molecule has 0 spiro atoms. The van der Waals surface area contributed by atoms with Crippen molar-refractivity contribution in [3.8, 4) is 17.2 Å². The van der Waals surface area contributed by atoms with Crippen LogP contribution in [0.1, 0.15) is 19.4 Å². The molecule has 0 aliphatic carbocycles. The van der Waals surface area contributed by atoms with E-state index in [0.29, 0.717) is 41.8 Å². The van der Waals surface area contributed by atoms with Gasteiger partial charge in [0.2, 0.25) is 5.91 Å². The molecule has 0 radical (unpaired) electrons. The number of carbonyl (C=O) groups excluding carboxylic acids is 2. The number of amides is 2. The van der Waals surface area contributed by atoms with E-state index in [1.807, 2.05) is 19.9 Å². The highest BCUT2D eigenvalue weighted by atomic mass is 16.5. The van der Waals surface area contributed by atoms with Gasteiger partial charge in [0.05, 0.1) is 19.4 Å². The first-order valence-electron chi connectivity index (χ1n) is 9.42. The van der Waals surface area contributed by atoms with E-state index in [2.05, 4.69) is 5.32 Å². The molecule has 7 nitrogen and oxygen atoms in total. The van der Waals surface area contributed by atoms with Crippen LogP contribution in [-0.2, 0) is 9.59 Å². The Morgan fingerprint density at radius 1 is 1.21 bits per heavy atom. The number of nitrogens with one attached hydrogen (secondary N) is 1. The molecule has 0 fully saturated rings. The zero-order valence-electron chi connectivity index (χ0n) is 16.7. The van der Waals surface area contributed by atoms with E-state index in [-0.39, 0.29) is 18.4 Å². The Kier molecular flexibility index (Phi) is 6.39. The summed E-state index contributed by atoms with van der Waals surface area (Å²) in [6.07, 6.45) is 3.13. The number of benzene rings is 2. The highest BCUT2D eigenvalue weighted by Gasteiger charge is 2.24. The first-order valence-corrected chi connectivity index (χ1v) is 9.42. The van der Waals surface area contributed by atoms with Crippen molar-refractivity contribution in [2.75, 3.05) is 37.1 Å². The van der Waals surface area contributed by atoms with Crippen LogP contribution in [0, 0.1) is 0 Å². The summed E-state index contributed by atoms with van der Waals surface area (Å²) >= 11 is 0. The molecule has 0 saturated carbocycles. The van der Waals surface area contributed by atoms with E-state index < -0.39 is 0 Å². The van der Waals surface area contributed by atoms with Gasteiger partial charge < -0.3 is 24.4 Å². The topological polar surface area (TPSA) is 77.1 Å². The lowest BCUT2D eigenvalue weighted by Gasteiger charge is -2.28. The van der Waals surface area contributed by atoms with E-state index in [0.717, 1.165) is 5.56 Å². The number of hydrogen-bond donors (Lipinski definition) is 1. The highest BCUT2D eigenvalue weighted by Crippen LogP contribution is 2.34. The van der Waals surface area contributed by atoms with Crippen LogP contribution in [0.4, 0.5) is 11.4 Å². The smallest absolute Gasteiger partial charge is 0.265 e. The number of likely N-dealkylation sites (N-methyl/N-ethyl adjacent to an activating group) is 1. The second kappa shape index (κ2) is 9.14. The van der Waals surface area contributed by atoms with Crippen LogP contribution in [0.5, 0.6) is 17.2 Å². The van der Waals surface area contributed by atoms with Gasteiger partial charge in [-0.05, 0) is 55.8 Å². The number of anilines is 2. The van der Waals surface area contributed by atoms with Crippen LogP contribution in [0.3, 0.4) is 0 Å². The zero-order valence-corrected chi connectivity index (χ0v) is 16.7. The minimum atomic E-state index is -0.288. The number of ether oxygens (including phenoxy) is 3. The molecule has 1 aliphatic rings. The summed E-state index contributed by atoms with van der Waals surface area (Å²) in [4.78, 5) is 25.9. The average Bonchev–Trinajstić information content (AvgIpc) is 2.73. The first-order chi connectivity index (χ1) is 14.0. The van der Waals surface area contributed by atoms with E-state index in [4.69, 9.17) is 14.2 Å². The van der Waals surface area contributed by atoms with Crippen molar-refractivity contribution >= 4 is 29.3 Å². The largest absolute Gasteiger partial charge is 0.493 e. The van der Waals surface area contributed by atoms with Gasteiger partial charge in [0, 0.05) is 18.3 Å². The van der Waals surface area contributed by atoms with Crippen LogP contribution in [0.2, 0.25) is 0 Å². The van der Waals surface area contributed by atoms with E-state index in [9.17, 15) is 9.59 Å². The van der Waals surface area contributed by atoms with E-state index in [1.165, 1.54) is 6.08 Å². The van der Waals surface area contributed by atoms with Gasteiger partial charge in [-0.3, -0.25) is 9.59 Å². The van der Waals surface area contributed by atoms with Crippen LogP contribution in [0.15, 0.2) is 42.5 Å². The Labute approximate surface area is 169 Å². The Morgan fingerprint density at radius 2 is 2.03 bits per heavy atom. The molecule has 3 rings (SSSR count). The molecular weight excluding hydrogens is 372 g/mol. The van der Waals surface area contributed by atoms with Crippen molar-refractivity contribution < 1.29 is 23.8 Å². The van der Waals surface area contributed by atoms with Gasteiger partial charge in [0.25, 0.3) is 5.91 Å². The number of rotatable bonds is 7. The fourth-order valence-corrected chi connectivity index (χ4v) is 3.05. The summed E-state index contributed by atoms with van der Waals surface area (Å²) in [6.45, 7) is 4.90. The molecule has 0 aromatic heterocycles. The second-order valence-corrected chi connectivity index (χ2v) is 6.28. The van der Waals surface area contributed by atoms with Crippen molar-refractivity contribution in [2.24, 2.45) is 0 Å². The quantitative estimate of drug-likeness (QED) is 0.725. The maximum atomic E-state index is 12.3. The normalized spacial score (nSPS) is 13.1. The SMILES string of the molecule is CCOc1ccc(/C=C/C(=O)Nc2ccc3c(c2)N(CC)C(=O)CO3)cc1OC. The number of hydrogen-bond acceptors (Lipinski definition) is 5. The minimum absolute atomic E-state index is 0.0286. The van der Waals surface area contributed by atoms with E-state index >= 15 is 0 Å². The minimum Gasteiger partial charge on any atom is -0.493 e. The summed E-state index contributed by atoms with van der Waals surface area (Å²) in [6, 6.07) is 10.7. The zero-order chi connectivity index (χ0) is 20.8. The number of nitrogens with zero attached hydrogens (tertiary/aromatic N) is 1. The molecule has 0 unspecified atom stereocenters. The van der Waals surface area contributed by atoms with Crippen molar-refractivity contribution in [3.05, 3.63) is 48.0 Å². The lowest BCUT2D eigenvalue weighted by atomic mass is 10.2. The second-order valence-electron chi connectivity index (χ2n) is 6.28. The molecule has 1 aliphatic heterocycles. The van der Waals surface area contributed by atoms with Gasteiger partial charge in [-0.15, -0.1) is 0 Å². The van der Waals surface area contributed by atoms with Gasteiger partial charge in [-0.25, -0.2) is 0 Å². The Hall–Kier alpha value is -3.48. The van der Waals surface area contributed by atoms with Crippen LogP contribution < -0.4 is 24.4 Å². The predicted molar refractivity (Wildman–Crippen MR) is 112 cm³/mol. The lowest BCUT2D eigenvalue weighted by Crippen LogP contribution is -2.38. The summed E-state index contributed by atoms with van der Waals surface area (Å²) in [7, 11) is 1.57. The third kappa shape index (κ3) is 4.68. The number of carbonyl (C=O) groups is 2. The number of methoxy groups -OCH3 is 1. The van der Waals surface area contributed by atoms with Crippen molar-refractivity contribution in [2.45, 2.75) is 13.8 Å². The van der Waals surface area contributed by atoms with E-state index in [1.54, 1.807) is 48.4 Å². The third-order valence-electron chi connectivity index (χ3n) is 4.40.